The van der Waals surface area contributed by atoms with Crippen molar-refractivity contribution in [3.63, 3.8) is 0 Å². The van der Waals surface area contributed by atoms with Gasteiger partial charge in [-0.3, -0.25) is 9.59 Å². The number of methoxy groups -OCH3 is 1. The van der Waals surface area contributed by atoms with E-state index in [2.05, 4.69) is 10.6 Å². The molecule has 8 nitrogen and oxygen atoms in total. The minimum Gasteiger partial charge on any atom is -0.496 e. The lowest BCUT2D eigenvalue weighted by molar-refractivity contribution is -0.139. The van der Waals surface area contributed by atoms with Gasteiger partial charge in [0.2, 0.25) is 0 Å². The fourth-order valence-electron chi connectivity index (χ4n) is 3.18. The van der Waals surface area contributed by atoms with Gasteiger partial charge in [0.15, 0.2) is 9.84 Å². The molecule has 0 aliphatic carbocycles. The van der Waals surface area contributed by atoms with Crippen molar-refractivity contribution in [2.45, 2.75) is 16.6 Å². The summed E-state index contributed by atoms with van der Waals surface area (Å²) >= 11 is 0. The van der Waals surface area contributed by atoms with E-state index in [4.69, 9.17) is 9.15 Å². The second-order valence-electron chi connectivity index (χ2n) is 6.89. The summed E-state index contributed by atoms with van der Waals surface area (Å²) in [6.45, 7) is -0.0972. The lowest BCUT2D eigenvalue weighted by Gasteiger charge is -2.16. The van der Waals surface area contributed by atoms with Crippen molar-refractivity contribution in [1.29, 1.82) is 0 Å². The van der Waals surface area contributed by atoms with Gasteiger partial charge < -0.3 is 19.8 Å². The van der Waals surface area contributed by atoms with Crippen LogP contribution in [0.4, 0.5) is 0 Å². The quantitative estimate of drug-likeness (QED) is 0.478. The van der Waals surface area contributed by atoms with Crippen molar-refractivity contribution < 1.29 is 27.2 Å². The molecule has 0 spiro atoms. The van der Waals surface area contributed by atoms with E-state index in [1.54, 1.807) is 31.4 Å². The predicted octanol–water partition coefficient (Wildman–Crippen LogP) is 2.28. The van der Waals surface area contributed by atoms with Gasteiger partial charge in [-0.25, -0.2) is 8.42 Å². The van der Waals surface area contributed by atoms with Gasteiger partial charge in [-0.15, -0.1) is 0 Å². The van der Waals surface area contributed by atoms with Gasteiger partial charge in [0.05, 0.1) is 18.3 Å². The number of sulfone groups is 1. The van der Waals surface area contributed by atoms with Gasteiger partial charge in [0.25, 0.3) is 0 Å². The Kier molecular flexibility index (Phi) is 7.67. The van der Waals surface area contributed by atoms with Crippen LogP contribution >= 0.6 is 0 Å². The zero-order valence-corrected chi connectivity index (χ0v) is 18.3. The highest BCUT2D eigenvalue weighted by Crippen LogP contribution is 2.28. The second-order valence-corrected chi connectivity index (χ2v) is 9.02. The molecule has 1 atom stereocenters. The van der Waals surface area contributed by atoms with Crippen molar-refractivity contribution in [1.82, 2.24) is 10.6 Å². The number of carbonyl (C=O) groups excluding carboxylic acids is 2. The fourth-order valence-corrected chi connectivity index (χ4v) is 4.79. The summed E-state index contributed by atoms with van der Waals surface area (Å²) in [7, 11) is -2.30. The maximum Gasteiger partial charge on any atom is 0.309 e. The molecule has 0 saturated carbocycles. The highest BCUT2D eigenvalue weighted by Gasteiger charge is 2.32. The zero-order valence-electron chi connectivity index (χ0n) is 17.5. The molecule has 0 unspecified atom stereocenters. The molecular formula is C23H24N2O6S. The first kappa shape index (κ1) is 23.1. The normalized spacial score (nSPS) is 12.0. The van der Waals surface area contributed by atoms with E-state index in [0.29, 0.717) is 12.2 Å². The summed E-state index contributed by atoms with van der Waals surface area (Å²) in [6, 6.07) is 18.3. The van der Waals surface area contributed by atoms with Crippen molar-refractivity contribution in [2.75, 3.05) is 20.2 Å². The first-order valence-corrected chi connectivity index (χ1v) is 11.5. The van der Waals surface area contributed by atoms with Crippen LogP contribution in [0.1, 0.15) is 16.6 Å². The van der Waals surface area contributed by atoms with Gasteiger partial charge in [-0.05, 0) is 42.3 Å². The maximum absolute atomic E-state index is 13.1. The largest absolute Gasteiger partial charge is 0.496 e. The van der Waals surface area contributed by atoms with Crippen LogP contribution in [0.25, 0.3) is 0 Å². The topological polar surface area (TPSA) is 115 Å². The highest BCUT2D eigenvalue weighted by molar-refractivity contribution is 7.91. The molecule has 0 aliphatic heterocycles. The number of carbonyl (C=O) groups is 2. The van der Waals surface area contributed by atoms with Gasteiger partial charge in [-0.2, -0.15) is 0 Å². The summed E-state index contributed by atoms with van der Waals surface area (Å²) in [4.78, 5) is 24.5. The Morgan fingerprint density at radius 3 is 2.31 bits per heavy atom. The number of benzene rings is 2. The molecule has 0 saturated heterocycles. The van der Waals surface area contributed by atoms with Crippen molar-refractivity contribution in [2.24, 2.45) is 0 Å². The van der Waals surface area contributed by atoms with E-state index in [1.165, 1.54) is 24.5 Å². The van der Waals surface area contributed by atoms with Crippen molar-refractivity contribution in [3.05, 3.63) is 84.3 Å². The van der Waals surface area contributed by atoms with Crippen LogP contribution in [-0.2, 0) is 25.8 Å². The molecule has 1 aromatic heterocycles. The number of furan rings is 1. The number of hydrogen-bond donors (Lipinski definition) is 2. The zero-order chi connectivity index (χ0) is 23.0. The Balaban J connectivity index is 1.61. The monoisotopic (exact) mass is 456 g/mol. The molecule has 3 aromatic rings. The van der Waals surface area contributed by atoms with E-state index in [-0.39, 0.29) is 23.7 Å². The van der Waals surface area contributed by atoms with Crippen LogP contribution in [0.2, 0.25) is 0 Å². The van der Waals surface area contributed by atoms with Crippen LogP contribution in [0, 0.1) is 0 Å². The SMILES string of the molecule is COc1ccccc1CCNC(=O)C(=O)NC[C@@H](c1ccco1)S(=O)(=O)c1ccccc1. The van der Waals surface area contributed by atoms with Crippen LogP contribution in [-0.4, -0.2) is 40.4 Å². The van der Waals surface area contributed by atoms with Crippen LogP contribution in [0.15, 0.2) is 82.3 Å². The average Bonchev–Trinajstić information content (AvgIpc) is 3.34. The third kappa shape index (κ3) is 5.55. The molecule has 0 fully saturated rings. The molecule has 2 amide bonds. The molecule has 9 heteroatoms. The molecule has 32 heavy (non-hydrogen) atoms. The van der Waals surface area contributed by atoms with Gasteiger partial charge in [0, 0.05) is 13.1 Å². The summed E-state index contributed by atoms with van der Waals surface area (Å²) < 4.78 is 36.7. The molecule has 2 N–H and O–H groups in total. The number of nitrogens with one attached hydrogen (secondary N) is 2. The summed E-state index contributed by atoms with van der Waals surface area (Å²) in [5.41, 5.74) is 0.891. The minimum atomic E-state index is -3.86. The molecule has 1 heterocycles. The Bertz CT molecular complexity index is 1140. The smallest absolute Gasteiger partial charge is 0.309 e. The van der Waals surface area contributed by atoms with Gasteiger partial charge >= 0.3 is 11.8 Å². The van der Waals surface area contributed by atoms with Crippen molar-refractivity contribution >= 4 is 21.7 Å². The molecule has 168 valence electrons. The second kappa shape index (κ2) is 10.6. The number of hydrogen-bond acceptors (Lipinski definition) is 6. The molecular weight excluding hydrogens is 432 g/mol. The fraction of sp³-hybridized carbons (Fsp3) is 0.217. The average molecular weight is 457 g/mol. The number of para-hydroxylation sites is 1. The maximum atomic E-state index is 13.1. The molecule has 0 aliphatic rings. The Morgan fingerprint density at radius 1 is 0.938 bits per heavy atom. The standard InChI is InChI=1S/C23H24N2O6S/c1-30-19-11-6-5-8-17(19)13-14-24-22(26)23(27)25-16-21(20-12-7-15-31-20)32(28,29)18-9-3-2-4-10-18/h2-12,15,21H,13-14,16H2,1H3,(H,24,26)(H,25,27)/t21-/m0/s1. The lowest BCUT2D eigenvalue weighted by atomic mass is 10.1. The van der Waals surface area contributed by atoms with E-state index in [0.717, 1.165) is 5.56 Å². The van der Waals surface area contributed by atoms with E-state index in [9.17, 15) is 18.0 Å². The molecule has 0 radical (unpaired) electrons. The van der Waals surface area contributed by atoms with E-state index >= 15 is 0 Å². The molecule has 2 aromatic carbocycles. The van der Waals surface area contributed by atoms with Crippen molar-refractivity contribution in [3.8, 4) is 5.75 Å². The summed E-state index contributed by atoms with van der Waals surface area (Å²) in [5.74, 6) is -0.913. The van der Waals surface area contributed by atoms with E-state index in [1.807, 2.05) is 24.3 Å². The minimum absolute atomic E-state index is 0.0944. The lowest BCUT2D eigenvalue weighted by Crippen LogP contribution is -2.42. The molecule has 3 rings (SSSR count). The van der Waals surface area contributed by atoms with Gasteiger partial charge in [0.1, 0.15) is 16.8 Å². The third-order valence-electron chi connectivity index (χ3n) is 4.83. The Morgan fingerprint density at radius 2 is 1.62 bits per heavy atom. The first-order chi connectivity index (χ1) is 15.4. The number of rotatable bonds is 9. The van der Waals surface area contributed by atoms with E-state index < -0.39 is 26.9 Å². The number of ether oxygens (including phenoxy) is 1. The number of amides is 2. The summed E-state index contributed by atoms with van der Waals surface area (Å²) in [6.07, 6.45) is 1.83. The van der Waals surface area contributed by atoms with Crippen LogP contribution in [0.5, 0.6) is 5.75 Å². The summed E-state index contributed by atoms with van der Waals surface area (Å²) in [5, 5.41) is 3.76. The predicted molar refractivity (Wildman–Crippen MR) is 118 cm³/mol. The molecule has 0 bridgehead atoms. The van der Waals surface area contributed by atoms with Gasteiger partial charge in [-0.1, -0.05) is 36.4 Å². The first-order valence-electron chi connectivity index (χ1n) is 9.93. The Labute approximate surface area is 186 Å². The van der Waals surface area contributed by atoms with Crippen LogP contribution in [0.3, 0.4) is 0 Å². The Hall–Kier alpha value is -3.59. The highest BCUT2D eigenvalue weighted by atomic mass is 32.2. The van der Waals surface area contributed by atoms with Crippen LogP contribution < -0.4 is 15.4 Å². The third-order valence-corrected chi connectivity index (χ3v) is 6.91.